The van der Waals surface area contributed by atoms with E-state index in [0.29, 0.717) is 0 Å². The Kier molecular flexibility index (Phi) is 4.36. The van der Waals surface area contributed by atoms with Crippen LogP contribution < -0.4 is 5.32 Å². The molecule has 1 aliphatic rings. The Balaban J connectivity index is 1.42. The van der Waals surface area contributed by atoms with Gasteiger partial charge in [-0.1, -0.05) is 0 Å². The summed E-state index contributed by atoms with van der Waals surface area (Å²) in [5, 5.41) is 7.51. The maximum absolute atomic E-state index is 5.53. The van der Waals surface area contributed by atoms with E-state index in [9.17, 15) is 0 Å². The first-order valence-corrected chi connectivity index (χ1v) is 6.10. The zero-order valence-corrected chi connectivity index (χ0v) is 9.98. The third-order valence-corrected chi connectivity index (χ3v) is 2.82. The quantitative estimate of drug-likeness (QED) is 0.668. The van der Waals surface area contributed by atoms with Gasteiger partial charge in [0, 0.05) is 26.4 Å². The molecule has 0 saturated heterocycles. The summed E-state index contributed by atoms with van der Waals surface area (Å²) in [5.74, 6) is 0.871. The first kappa shape index (κ1) is 11.6. The number of nitrogens with one attached hydrogen (secondary N) is 1. The fraction of sp³-hybridized carbons (Fsp3) is 0.750. The van der Waals surface area contributed by atoms with Crippen LogP contribution in [0.2, 0.25) is 0 Å². The highest BCUT2D eigenvalue weighted by Gasteiger charge is 2.20. The minimum atomic E-state index is 0.837. The van der Waals surface area contributed by atoms with Crippen molar-refractivity contribution in [3.05, 3.63) is 18.0 Å². The first-order chi connectivity index (χ1) is 7.84. The molecule has 2 rings (SSSR count). The molecule has 90 valence electrons. The lowest BCUT2D eigenvalue weighted by molar-refractivity contribution is 0.126. The second-order valence-electron chi connectivity index (χ2n) is 4.54. The Bertz CT molecular complexity index is 307. The molecular formula is C12H21N3O. The van der Waals surface area contributed by atoms with Crippen LogP contribution in [0.15, 0.2) is 12.4 Å². The maximum atomic E-state index is 5.53. The van der Waals surface area contributed by atoms with E-state index in [1.165, 1.54) is 18.4 Å². The summed E-state index contributed by atoms with van der Waals surface area (Å²) in [6, 6.07) is 0. The standard InChI is InChI=1S/C12H21N3O/c1-15-9-12(8-14-15)4-5-13-6-7-16-10-11-2-3-11/h8-9,11,13H,2-7,10H2,1H3. The molecule has 1 heterocycles. The highest BCUT2D eigenvalue weighted by molar-refractivity contribution is 5.03. The molecule has 0 radical (unpaired) electrons. The summed E-state index contributed by atoms with van der Waals surface area (Å²) in [6.45, 7) is 3.75. The lowest BCUT2D eigenvalue weighted by Gasteiger charge is -2.04. The van der Waals surface area contributed by atoms with Crippen molar-refractivity contribution >= 4 is 0 Å². The molecule has 1 aliphatic carbocycles. The smallest absolute Gasteiger partial charge is 0.0591 e. The fourth-order valence-corrected chi connectivity index (χ4v) is 1.64. The van der Waals surface area contributed by atoms with E-state index in [2.05, 4.69) is 16.6 Å². The van der Waals surface area contributed by atoms with Crippen molar-refractivity contribution in [3.63, 3.8) is 0 Å². The molecule has 1 aromatic rings. The third-order valence-electron chi connectivity index (χ3n) is 2.82. The van der Waals surface area contributed by atoms with Crippen LogP contribution in [0.5, 0.6) is 0 Å². The molecular weight excluding hydrogens is 202 g/mol. The fourth-order valence-electron chi connectivity index (χ4n) is 1.64. The molecule has 0 bridgehead atoms. The van der Waals surface area contributed by atoms with Gasteiger partial charge in [-0.3, -0.25) is 4.68 Å². The van der Waals surface area contributed by atoms with Crippen LogP contribution in [0.3, 0.4) is 0 Å². The van der Waals surface area contributed by atoms with Gasteiger partial charge in [0.2, 0.25) is 0 Å². The van der Waals surface area contributed by atoms with Crippen molar-refractivity contribution in [3.8, 4) is 0 Å². The zero-order valence-electron chi connectivity index (χ0n) is 9.98. The van der Waals surface area contributed by atoms with Gasteiger partial charge in [0.25, 0.3) is 0 Å². The van der Waals surface area contributed by atoms with Crippen LogP contribution in [0.1, 0.15) is 18.4 Å². The van der Waals surface area contributed by atoms with Crippen LogP contribution in [0, 0.1) is 5.92 Å². The topological polar surface area (TPSA) is 39.1 Å². The van der Waals surface area contributed by atoms with Crippen molar-refractivity contribution in [2.45, 2.75) is 19.3 Å². The molecule has 4 heteroatoms. The number of ether oxygens (including phenoxy) is 1. The van der Waals surface area contributed by atoms with Crippen molar-refractivity contribution in [2.75, 3.05) is 26.3 Å². The van der Waals surface area contributed by atoms with Gasteiger partial charge in [0.05, 0.1) is 12.8 Å². The van der Waals surface area contributed by atoms with E-state index in [4.69, 9.17) is 4.74 Å². The predicted molar refractivity (Wildman–Crippen MR) is 63.3 cm³/mol. The SMILES string of the molecule is Cn1cc(CCNCCOCC2CC2)cn1. The Morgan fingerprint density at radius 1 is 1.50 bits per heavy atom. The number of hydrogen-bond donors (Lipinski definition) is 1. The van der Waals surface area contributed by atoms with Gasteiger partial charge < -0.3 is 10.1 Å². The van der Waals surface area contributed by atoms with E-state index >= 15 is 0 Å². The Morgan fingerprint density at radius 2 is 2.38 bits per heavy atom. The molecule has 1 N–H and O–H groups in total. The lowest BCUT2D eigenvalue weighted by atomic mass is 10.2. The monoisotopic (exact) mass is 223 g/mol. The maximum Gasteiger partial charge on any atom is 0.0591 e. The highest BCUT2D eigenvalue weighted by Crippen LogP contribution is 2.28. The number of aromatic nitrogens is 2. The van der Waals surface area contributed by atoms with Crippen molar-refractivity contribution in [1.82, 2.24) is 15.1 Å². The van der Waals surface area contributed by atoms with Gasteiger partial charge >= 0.3 is 0 Å². The second kappa shape index (κ2) is 6.01. The predicted octanol–water partition coefficient (Wildman–Crippen LogP) is 0.979. The van der Waals surface area contributed by atoms with Crippen molar-refractivity contribution < 1.29 is 4.74 Å². The number of rotatable bonds is 8. The molecule has 1 fully saturated rings. The molecule has 0 aromatic carbocycles. The largest absolute Gasteiger partial charge is 0.380 e. The van der Waals surface area contributed by atoms with Crippen LogP contribution in [0.25, 0.3) is 0 Å². The molecule has 0 amide bonds. The van der Waals surface area contributed by atoms with Crippen LogP contribution >= 0.6 is 0 Å². The zero-order chi connectivity index (χ0) is 11.2. The summed E-state index contributed by atoms with van der Waals surface area (Å²) in [7, 11) is 1.95. The second-order valence-corrected chi connectivity index (χ2v) is 4.54. The summed E-state index contributed by atoms with van der Waals surface area (Å²) in [6.07, 6.45) is 7.76. The molecule has 16 heavy (non-hydrogen) atoms. The summed E-state index contributed by atoms with van der Waals surface area (Å²) >= 11 is 0. The normalized spacial score (nSPS) is 15.6. The Hall–Kier alpha value is -0.870. The van der Waals surface area contributed by atoms with Crippen LogP contribution in [0.4, 0.5) is 0 Å². The number of nitrogens with zero attached hydrogens (tertiary/aromatic N) is 2. The first-order valence-electron chi connectivity index (χ1n) is 6.10. The van der Waals surface area contributed by atoms with Gasteiger partial charge in [-0.25, -0.2) is 0 Å². The summed E-state index contributed by atoms with van der Waals surface area (Å²) in [4.78, 5) is 0. The molecule has 4 nitrogen and oxygen atoms in total. The van der Waals surface area contributed by atoms with E-state index in [0.717, 1.165) is 38.6 Å². The summed E-state index contributed by atoms with van der Waals surface area (Å²) < 4.78 is 7.38. The van der Waals surface area contributed by atoms with Crippen molar-refractivity contribution in [1.29, 1.82) is 0 Å². The van der Waals surface area contributed by atoms with Gasteiger partial charge in [-0.15, -0.1) is 0 Å². The molecule has 0 spiro atoms. The highest BCUT2D eigenvalue weighted by atomic mass is 16.5. The molecule has 0 aliphatic heterocycles. The molecule has 1 aromatic heterocycles. The van der Waals surface area contributed by atoms with Gasteiger partial charge in [-0.2, -0.15) is 5.10 Å². The number of hydrogen-bond acceptors (Lipinski definition) is 3. The van der Waals surface area contributed by atoms with Crippen LogP contribution in [-0.4, -0.2) is 36.1 Å². The Labute approximate surface area is 97.0 Å². The lowest BCUT2D eigenvalue weighted by Crippen LogP contribution is -2.22. The molecule has 1 saturated carbocycles. The minimum absolute atomic E-state index is 0.837. The molecule has 0 atom stereocenters. The van der Waals surface area contributed by atoms with Gasteiger partial charge in [0.15, 0.2) is 0 Å². The minimum Gasteiger partial charge on any atom is -0.380 e. The van der Waals surface area contributed by atoms with Gasteiger partial charge in [0.1, 0.15) is 0 Å². The van der Waals surface area contributed by atoms with Crippen molar-refractivity contribution in [2.24, 2.45) is 13.0 Å². The van der Waals surface area contributed by atoms with E-state index in [1.807, 2.05) is 17.9 Å². The molecule has 0 unspecified atom stereocenters. The number of aryl methyl sites for hydroxylation is 1. The third kappa shape index (κ3) is 4.33. The van der Waals surface area contributed by atoms with E-state index in [1.54, 1.807) is 0 Å². The van der Waals surface area contributed by atoms with E-state index in [-0.39, 0.29) is 0 Å². The Morgan fingerprint density at radius 3 is 3.06 bits per heavy atom. The van der Waals surface area contributed by atoms with Gasteiger partial charge in [-0.05, 0) is 37.3 Å². The van der Waals surface area contributed by atoms with E-state index < -0.39 is 0 Å². The van der Waals surface area contributed by atoms with Crippen LogP contribution in [-0.2, 0) is 18.2 Å². The average Bonchev–Trinajstić information content (AvgIpc) is 3.00. The summed E-state index contributed by atoms with van der Waals surface area (Å²) in [5.41, 5.74) is 1.29. The average molecular weight is 223 g/mol.